The number of fused-ring (bicyclic) bond motifs is 1. The average molecular weight is 276 g/mol. The fourth-order valence-corrected chi connectivity index (χ4v) is 1.50. The molecule has 17 heavy (non-hydrogen) atoms. The molecule has 0 spiro atoms. The van der Waals surface area contributed by atoms with E-state index in [0.29, 0.717) is 11.3 Å². The molecule has 5 nitrogen and oxygen atoms in total. The summed E-state index contributed by atoms with van der Waals surface area (Å²) < 4.78 is 6.29. The van der Waals surface area contributed by atoms with Gasteiger partial charge in [-0.15, -0.1) is 12.6 Å². The first kappa shape index (κ1) is 15.0. The maximum Gasteiger partial charge on any atom is 1.00 e. The molecule has 0 saturated carbocycles. The molecule has 7 heteroatoms. The van der Waals surface area contributed by atoms with Crippen LogP contribution in [0.1, 0.15) is 5.37 Å². The van der Waals surface area contributed by atoms with Crippen LogP contribution in [0.15, 0.2) is 24.4 Å². The van der Waals surface area contributed by atoms with Crippen LogP contribution in [-0.2, 0) is 4.79 Å². The summed E-state index contributed by atoms with van der Waals surface area (Å²) in [5, 5.41) is 14.4. The molecule has 84 valence electrons. The third-order valence-electron chi connectivity index (χ3n) is 2.19. The molecule has 1 atom stereocenters. The standard InChI is InChI=1S/C10H10N2O3S.K/c1-15-7-2-3-8-6(4-7)5-12(11-8)9(16)10(13)14;/h2-5,9,16H,1H3,(H,13,14);/q;+1/p-1. The maximum absolute atomic E-state index is 10.6. The molecule has 0 aliphatic rings. The van der Waals surface area contributed by atoms with Crippen LogP contribution in [0.3, 0.4) is 0 Å². The Morgan fingerprint density at radius 3 is 2.88 bits per heavy atom. The number of carbonyl (C=O) groups is 1. The number of ether oxygens (including phenoxy) is 1. The van der Waals surface area contributed by atoms with E-state index in [-0.39, 0.29) is 51.4 Å². The van der Waals surface area contributed by atoms with Gasteiger partial charge in [0.25, 0.3) is 0 Å². The smallest absolute Gasteiger partial charge is 0.547 e. The number of hydrogen-bond donors (Lipinski definition) is 1. The normalized spacial score (nSPS) is 11.9. The Kier molecular flexibility index (Phi) is 5.48. The van der Waals surface area contributed by atoms with Crippen LogP contribution in [0.4, 0.5) is 0 Å². The van der Waals surface area contributed by atoms with Crippen molar-refractivity contribution in [1.29, 1.82) is 0 Å². The minimum Gasteiger partial charge on any atom is -0.547 e. The van der Waals surface area contributed by atoms with E-state index in [4.69, 9.17) is 4.74 Å². The van der Waals surface area contributed by atoms with Gasteiger partial charge in [-0.1, -0.05) is 0 Å². The monoisotopic (exact) mass is 276 g/mol. The molecule has 0 radical (unpaired) electrons. The zero-order valence-electron chi connectivity index (χ0n) is 9.45. The molecule has 0 saturated heterocycles. The van der Waals surface area contributed by atoms with Crippen LogP contribution in [0.25, 0.3) is 10.9 Å². The molecule has 0 bridgehead atoms. The summed E-state index contributed by atoms with van der Waals surface area (Å²) in [6.07, 6.45) is 1.59. The minimum absolute atomic E-state index is 0. The van der Waals surface area contributed by atoms with Gasteiger partial charge in [-0.25, -0.2) is 0 Å². The summed E-state index contributed by atoms with van der Waals surface area (Å²) in [7, 11) is 1.56. The number of aliphatic carboxylic acids is 1. The molecule has 0 amide bonds. The molecule has 0 aliphatic heterocycles. The third-order valence-corrected chi connectivity index (χ3v) is 2.64. The summed E-state index contributed by atoms with van der Waals surface area (Å²) in [5.74, 6) is -0.598. The number of nitrogens with zero attached hydrogens (tertiary/aromatic N) is 2. The predicted molar refractivity (Wildman–Crippen MR) is 59.3 cm³/mol. The second-order valence-corrected chi connectivity index (χ2v) is 3.72. The van der Waals surface area contributed by atoms with Gasteiger partial charge < -0.3 is 14.6 Å². The summed E-state index contributed by atoms with van der Waals surface area (Å²) in [5.41, 5.74) is 0.682. The van der Waals surface area contributed by atoms with Crippen molar-refractivity contribution in [2.24, 2.45) is 0 Å². The van der Waals surface area contributed by atoms with Gasteiger partial charge in [0.1, 0.15) is 11.1 Å². The van der Waals surface area contributed by atoms with E-state index >= 15 is 0 Å². The van der Waals surface area contributed by atoms with Gasteiger partial charge in [-0.2, -0.15) is 5.10 Å². The van der Waals surface area contributed by atoms with Gasteiger partial charge >= 0.3 is 51.4 Å². The number of rotatable bonds is 3. The van der Waals surface area contributed by atoms with Crippen molar-refractivity contribution in [1.82, 2.24) is 9.78 Å². The fraction of sp³-hybridized carbons (Fsp3) is 0.200. The fourth-order valence-electron chi connectivity index (χ4n) is 1.38. The Labute approximate surface area is 146 Å². The Hall–Kier alpha value is -0.0536. The number of benzene rings is 1. The Balaban J connectivity index is 0.00000144. The van der Waals surface area contributed by atoms with Gasteiger partial charge in [0.15, 0.2) is 0 Å². The largest absolute Gasteiger partial charge is 1.00 e. The zero-order chi connectivity index (χ0) is 11.7. The number of carbonyl (C=O) groups excluding carboxylic acids is 1. The number of carboxylic acids is 1. The minimum atomic E-state index is -1.29. The van der Waals surface area contributed by atoms with Crippen LogP contribution in [-0.4, -0.2) is 22.9 Å². The molecule has 2 aromatic rings. The average Bonchev–Trinajstić information content (AvgIpc) is 2.69. The van der Waals surface area contributed by atoms with E-state index < -0.39 is 11.3 Å². The second kappa shape index (κ2) is 6.21. The Morgan fingerprint density at radius 2 is 2.29 bits per heavy atom. The Bertz CT molecular complexity index is 543. The summed E-state index contributed by atoms with van der Waals surface area (Å²) in [6.45, 7) is 0. The van der Waals surface area contributed by atoms with Crippen molar-refractivity contribution in [2.45, 2.75) is 5.37 Å². The van der Waals surface area contributed by atoms with Crippen LogP contribution in [0, 0.1) is 0 Å². The number of thiol groups is 1. The van der Waals surface area contributed by atoms with Gasteiger partial charge in [0.2, 0.25) is 0 Å². The summed E-state index contributed by atoms with van der Waals surface area (Å²) >= 11 is 3.88. The molecular weight excluding hydrogens is 267 g/mol. The molecular formula is C10H9KN2O3S. The molecule has 1 unspecified atom stereocenters. The van der Waals surface area contributed by atoms with Crippen molar-refractivity contribution in [3.63, 3.8) is 0 Å². The molecule has 0 fully saturated rings. The van der Waals surface area contributed by atoms with Crippen molar-refractivity contribution >= 4 is 29.5 Å². The van der Waals surface area contributed by atoms with Crippen LogP contribution in [0.2, 0.25) is 0 Å². The van der Waals surface area contributed by atoms with E-state index in [2.05, 4.69) is 17.7 Å². The van der Waals surface area contributed by atoms with Crippen LogP contribution < -0.4 is 61.2 Å². The van der Waals surface area contributed by atoms with Crippen LogP contribution in [0.5, 0.6) is 5.75 Å². The van der Waals surface area contributed by atoms with Crippen molar-refractivity contribution < 1.29 is 66.0 Å². The molecule has 1 aromatic heterocycles. The third kappa shape index (κ3) is 3.24. The SMILES string of the molecule is COc1ccc2nn(C(S)C(=O)[O-])cc2c1.[K+]. The van der Waals surface area contributed by atoms with Gasteiger partial charge in [-0.05, 0) is 18.2 Å². The number of aromatic nitrogens is 2. The van der Waals surface area contributed by atoms with Crippen LogP contribution >= 0.6 is 12.6 Å². The molecule has 1 heterocycles. The first-order chi connectivity index (χ1) is 7.61. The van der Waals surface area contributed by atoms with Crippen molar-refractivity contribution in [3.8, 4) is 5.75 Å². The summed E-state index contributed by atoms with van der Waals surface area (Å²) in [4.78, 5) is 10.6. The first-order valence-corrected chi connectivity index (χ1v) is 5.05. The predicted octanol–water partition coefficient (Wildman–Crippen LogP) is -2.77. The molecule has 0 aliphatic carbocycles. The van der Waals surface area contributed by atoms with Gasteiger partial charge in [0.05, 0.1) is 18.6 Å². The van der Waals surface area contributed by atoms with Crippen molar-refractivity contribution in [2.75, 3.05) is 7.11 Å². The molecule has 2 rings (SSSR count). The van der Waals surface area contributed by atoms with Crippen molar-refractivity contribution in [3.05, 3.63) is 24.4 Å². The van der Waals surface area contributed by atoms with E-state index in [1.807, 2.05) is 0 Å². The van der Waals surface area contributed by atoms with E-state index in [9.17, 15) is 9.90 Å². The summed E-state index contributed by atoms with van der Waals surface area (Å²) in [6, 6.07) is 5.28. The molecule has 0 N–H and O–H groups in total. The number of hydrogen-bond acceptors (Lipinski definition) is 5. The maximum atomic E-state index is 10.6. The Morgan fingerprint density at radius 1 is 1.59 bits per heavy atom. The van der Waals surface area contributed by atoms with E-state index in [1.54, 1.807) is 31.5 Å². The number of carboxylic acid groups (broad SMARTS) is 1. The van der Waals surface area contributed by atoms with Gasteiger partial charge in [0, 0.05) is 11.6 Å². The quantitative estimate of drug-likeness (QED) is 0.487. The molecule has 1 aromatic carbocycles. The zero-order valence-corrected chi connectivity index (χ0v) is 13.5. The van der Waals surface area contributed by atoms with E-state index in [0.717, 1.165) is 5.39 Å². The second-order valence-electron chi connectivity index (χ2n) is 3.23. The topological polar surface area (TPSA) is 67.2 Å². The first-order valence-electron chi connectivity index (χ1n) is 4.53. The van der Waals surface area contributed by atoms with Gasteiger partial charge in [-0.3, -0.25) is 4.68 Å². The number of methoxy groups -OCH3 is 1. The van der Waals surface area contributed by atoms with E-state index in [1.165, 1.54) is 4.68 Å².